The minimum atomic E-state index is 0.0625. The van der Waals surface area contributed by atoms with Crippen LogP contribution in [0.1, 0.15) is 13.0 Å². The summed E-state index contributed by atoms with van der Waals surface area (Å²) in [6.07, 6.45) is 6.60. The maximum Gasteiger partial charge on any atom is 0.0951 e. The lowest BCUT2D eigenvalue weighted by Gasteiger charge is -2.03. The number of nitrogens with zero attached hydrogens (tertiary/aromatic N) is 3. The zero-order valence-corrected chi connectivity index (χ0v) is 5.68. The maximum atomic E-state index is 8.17. The van der Waals surface area contributed by atoms with E-state index < -0.39 is 0 Å². The molecular formula is C6H9N3O. The highest BCUT2D eigenvalue weighted by molar-refractivity contribution is 5.61. The van der Waals surface area contributed by atoms with Crippen molar-refractivity contribution in [3.05, 3.63) is 18.7 Å². The summed E-state index contributed by atoms with van der Waals surface area (Å²) in [6.45, 7) is 1.90. The Morgan fingerprint density at radius 3 is 3.10 bits per heavy atom. The molecule has 54 valence electrons. The van der Waals surface area contributed by atoms with Gasteiger partial charge in [-0.3, -0.25) is 0 Å². The third-order valence-electron chi connectivity index (χ3n) is 1.28. The Hall–Kier alpha value is -1.32. The number of oxime groups is 1. The molecule has 0 aliphatic carbocycles. The van der Waals surface area contributed by atoms with E-state index >= 15 is 0 Å². The number of hydrogen-bond acceptors (Lipinski definition) is 3. The van der Waals surface area contributed by atoms with Crippen LogP contribution in [0, 0.1) is 0 Å². The van der Waals surface area contributed by atoms with Gasteiger partial charge < -0.3 is 9.77 Å². The molecule has 1 unspecified atom stereocenters. The molecule has 0 aliphatic heterocycles. The van der Waals surface area contributed by atoms with Crippen molar-refractivity contribution in [2.24, 2.45) is 5.16 Å². The highest BCUT2D eigenvalue weighted by atomic mass is 16.4. The molecule has 0 spiro atoms. The Morgan fingerprint density at radius 2 is 2.60 bits per heavy atom. The first-order valence-electron chi connectivity index (χ1n) is 2.99. The van der Waals surface area contributed by atoms with Crippen LogP contribution < -0.4 is 0 Å². The second-order valence-corrected chi connectivity index (χ2v) is 2.02. The first-order valence-corrected chi connectivity index (χ1v) is 2.99. The van der Waals surface area contributed by atoms with Crippen molar-refractivity contribution in [1.29, 1.82) is 0 Å². The molecule has 1 aromatic heterocycles. The van der Waals surface area contributed by atoms with Gasteiger partial charge in [-0.25, -0.2) is 4.98 Å². The lowest BCUT2D eigenvalue weighted by molar-refractivity contribution is 0.318. The summed E-state index contributed by atoms with van der Waals surface area (Å²) in [6, 6.07) is 0.0625. The van der Waals surface area contributed by atoms with Crippen LogP contribution in [0.5, 0.6) is 0 Å². The summed E-state index contributed by atoms with van der Waals surface area (Å²) < 4.78 is 1.83. The Morgan fingerprint density at radius 1 is 1.80 bits per heavy atom. The summed E-state index contributed by atoms with van der Waals surface area (Å²) in [7, 11) is 0. The van der Waals surface area contributed by atoms with Crippen molar-refractivity contribution < 1.29 is 5.21 Å². The highest BCUT2D eigenvalue weighted by Crippen LogP contribution is 1.99. The lowest BCUT2D eigenvalue weighted by Crippen LogP contribution is -2.02. The molecule has 0 saturated carbocycles. The van der Waals surface area contributed by atoms with Gasteiger partial charge in [-0.2, -0.15) is 0 Å². The summed E-state index contributed by atoms with van der Waals surface area (Å²) in [5.74, 6) is 0. The van der Waals surface area contributed by atoms with Gasteiger partial charge >= 0.3 is 0 Å². The smallest absolute Gasteiger partial charge is 0.0951 e. The van der Waals surface area contributed by atoms with Crippen LogP contribution in [0.25, 0.3) is 0 Å². The van der Waals surface area contributed by atoms with Crippen LogP contribution >= 0.6 is 0 Å². The number of rotatable bonds is 2. The average Bonchev–Trinajstić information content (AvgIpc) is 2.38. The molecule has 4 heteroatoms. The average molecular weight is 139 g/mol. The molecule has 0 aromatic carbocycles. The Balaban J connectivity index is 2.67. The predicted octanol–water partition coefficient (Wildman–Crippen LogP) is 0.904. The molecule has 1 atom stereocenters. The van der Waals surface area contributed by atoms with Crippen LogP contribution in [0.2, 0.25) is 0 Å². The summed E-state index contributed by atoms with van der Waals surface area (Å²) in [5, 5.41) is 11.1. The molecule has 1 aromatic rings. The quantitative estimate of drug-likeness (QED) is 0.376. The summed E-state index contributed by atoms with van der Waals surface area (Å²) >= 11 is 0. The number of hydrogen-bond donors (Lipinski definition) is 1. The molecule has 10 heavy (non-hydrogen) atoms. The second-order valence-electron chi connectivity index (χ2n) is 2.02. The van der Waals surface area contributed by atoms with Crippen molar-refractivity contribution in [3.63, 3.8) is 0 Å². The van der Waals surface area contributed by atoms with E-state index in [2.05, 4.69) is 10.1 Å². The van der Waals surface area contributed by atoms with E-state index in [1.54, 1.807) is 12.5 Å². The molecule has 0 amide bonds. The first-order chi connectivity index (χ1) is 4.84. The fourth-order valence-electron chi connectivity index (χ4n) is 0.684. The third-order valence-corrected chi connectivity index (χ3v) is 1.28. The number of imidazole rings is 1. The van der Waals surface area contributed by atoms with Gasteiger partial charge in [0.2, 0.25) is 0 Å². The zero-order chi connectivity index (χ0) is 7.40. The van der Waals surface area contributed by atoms with Crippen molar-refractivity contribution in [2.45, 2.75) is 13.0 Å². The summed E-state index contributed by atoms with van der Waals surface area (Å²) in [5.41, 5.74) is 0. The predicted molar refractivity (Wildman–Crippen MR) is 37.2 cm³/mol. The van der Waals surface area contributed by atoms with Gasteiger partial charge in [0.05, 0.1) is 18.6 Å². The van der Waals surface area contributed by atoms with Crippen molar-refractivity contribution >= 4 is 6.21 Å². The summed E-state index contributed by atoms with van der Waals surface area (Å²) in [4.78, 5) is 3.85. The standard InChI is InChI=1S/C6H9N3O/c1-6(4-8-10)9-3-2-7-5-9/h2-6,10H,1H3. The Bertz CT molecular complexity index is 205. The molecule has 0 fully saturated rings. The molecular weight excluding hydrogens is 130 g/mol. The van der Waals surface area contributed by atoms with Crippen LogP contribution in [-0.2, 0) is 0 Å². The van der Waals surface area contributed by atoms with Crippen LogP contribution in [0.15, 0.2) is 23.9 Å². The fourth-order valence-corrected chi connectivity index (χ4v) is 0.684. The number of aromatic nitrogens is 2. The normalized spacial score (nSPS) is 14.1. The highest BCUT2D eigenvalue weighted by Gasteiger charge is 1.97. The Kier molecular flexibility index (Phi) is 2.04. The maximum absolute atomic E-state index is 8.17. The second kappa shape index (κ2) is 3.00. The lowest BCUT2D eigenvalue weighted by atomic mass is 10.4. The molecule has 0 aliphatic rings. The van der Waals surface area contributed by atoms with Crippen molar-refractivity contribution in [3.8, 4) is 0 Å². The molecule has 1 heterocycles. The minimum absolute atomic E-state index is 0.0625. The van der Waals surface area contributed by atoms with E-state index in [1.165, 1.54) is 6.21 Å². The van der Waals surface area contributed by atoms with E-state index in [0.29, 0.717) is 0 Å². The van der Waals surface area contributed by atoms with E-state index in [1.807, 2.05) is 17.7 Å². The van der Waals surface area contributed by atoms with Crippen molar-refractivity contribution in [1.82, 2.24) is 9.55 Å². The fraction of sp³-hybridized carbons (Fsp3) is 0.333. The van der Waals surface area contributed by atoms with Crippen LogP contribution in [0.4, 0.5) is 0 Å². The van der Waals surface area contributed by atoms with Gasteiger partial charge in [-0.05, 0) is 6.92 Å². The van der Waals surface area contributed by atoms with Gasteiger partial charge in [0.25, 0.3) is 0 Å². The van der Waals surface area contributed by atoms with E-state index in [9.17, 15) is 0 Å². The third kappa shape index (κ3) is 1.34. The van der Waals surface area contributed by atoms with Gasteiger partial charge in [-0.15, -0.1) is 0 Å². The van der Waals surface area contributed by atoms with E-state index in [4.69, 9.17) is 5.21 Å². The Labute approximate surface area is 58.8 Å². The van der Waals surface area contributed by atoms with Gasteiger partial charge in [-0.1, -0.05) is 5.16 Å². The van der Waals surface area contributed by atoms with Crippen LogP contribution in [-0.4, -0.2) is 21.0 Å². The van der Waals surface area contributed by atoms with Gasteiger partial charge in [0.1, 0.15) is 0 Å². The monoisotopic (exact) mass is 139 g/mol. The zero-order valence-electron chi connectivity index (χ0n) is 5.68. The van der Waals surface area contributed by atoms with Crippen LogP contribution in [0.3, 0.4) is 0 Å². The molecule has 1 rings (SSSR count). The van der Waals surface area contributed by atoms with Gasteiger partial charge in [0.15, 0.2) is 0 Å². The van der Waals surface area contributed by atoms with E-state index in [0.717, 1.165) is 0 Å². The van der Waals surface area contributed by atoms with Gasteiger partial charge in [0, 0.05) is 12.4 Å². The van der Waals surface area contributed by atoms with E-state index in [-0.39, 0.29) is 6.04 Å². The molecule has 0 radical (unpaired) electrons. The first kappa shape index (κ1) is 6.80. The largest absolute Gasteiger partial charge is 0.411 e. The minimum Gasteiger partial charge on any atom is -0.411 e. The topological polar surface area (TPSA) is 50.4 Å². The SMILES string of the molecule is CC(C=NO)n1ccnc1. The molecule has 0 saturated heterocycles. The molecule has 1 N–H and O–H groups in total. The molecule has 4 nitrogen and oxygen atoms in total. The van der Waals surface area contributed by atoms with Crippen molar-refractivity contribution in [2.75, 3.05) is 0 Å². The molecule has 0 bridgehead atoms.